The van der Waals surface area contributed by atoms with Gasteiger partial charge in [0.05, 0.1) is 6.10 Å². The van der Waals surface area contributed by atoms with E-state index in [-0.39, 0.29) is 6.54 Å². The third kappa shape index (κ3) is 9.07. The standard InChI is InChI=1S/C8H17N5O3/c1-13(4-2-3-11-12-9)6-7(14)5-10-8(15)16/h7,10,14H,2-6H2,1H3,(H,15,16). The fraction of sp³-hybridized carbons (Fsp3) is 0.875. The normalized spacial score (nSPS) is 11.9. The largest absolute Gasteiger partial charge is 0.465 e. The first-order valence-electron chi connectivity index (χ1n) is 4.90. The summed E-state index contributed by atoms with van der Waals surface area (Å²) in [6.45, 7) is 1.49. The lowest BCUT2D eigenvalue weighted by molar-refractivity contribution is 0.120. The van der Waals surface area contributed by atoms with Crippen molar-refractivity contribution in [2.24, 2.45) is 5.11 Å². The molecule has 8 nitrogen and oxygen atoms in total. The van der Waals surface area contributed by atoms with Crippen molar-refractivity contribution >= 4 is 6.09 Å². The summed E-state index contributed by atoms with van der Waals surface area (Å²) >= 11 is 0. The summed E-state index contributed by atoms with van der Waals surface area (Å²) in [5, 5.41) is 23.2. The van der Waals surface area contributed by atoms with Crippen LogP contribution in [0.1, 0.15) is 6.42 Å². The molecule has 0 aromatic heterocycles. The number of aliphatic hydroxyl groups excluding tert-OH is 1. The zero-order valence-corrected chi connectivity index (χ0v) is 9.20. The summed E-state index contributed by atoms with van der Waals surface area (Å²) < 4.78 is 0. The van der Waals surface area contributed by atoms with Crippen molar-refractivity contribution in [1.29, 1.82) is 0 Å². The van der Waals surface area contributed by atoms with E-state index in [1.54, 1.807) is 7.05 Å². The van der Waals surface area contributed by atoms with Gasteiger partial charge in [0.15, 0.2) is 0 Å². The van der Waals surface area contributed by atoms with Crippen molar-refractivity contribution in [2.45, 2.75) is 12.5 Å². The van der Waals surface area contributed by atoms with Crippen LogP contribution in [0.3, 0.4) is 0 Å². The Hall–Kier alpha value is -1.50. The van der Waals surface area contributed by atoms with Crippen LogP contribution in [0.15, 0.2) is 5.11 Å². The molecule has 1 atom stereocenters. The highest BCUT2D eigenvalue weighted by Gasteiger charge is 2.08. The molecular weight excluding hydrogens is 214 g/mol. The first kappa shape index (κ1) is 14.5. The molecule has 0 bridgehead atoms. The zero-order valence-electron chi connectivity index (χ0n) is 9.20. The van der Waals surface area contributed by atoms with Gasteiger partial charge in [0.25, 0.3) is 0 Å². The molecule has 0 aliphatic rings. The molecule has 0 aliphatic carbocycles. The van der Waals surface area contributed by atoms with Crippen LogP contribution in [-0.2, 0) is 0 Å². The lowest BCUT2D eigenvalue weighted by Gasteiger charge is -2.19. The summed E-state index contributed by atoms with van der Waals surface area (Å²) in [4.78, 5) is 14.6. The fourth-order valence-electron chi connectivity index (χ4n) is 1.18. The topological polar surface area (TPSA) is 122 Å². The van der Waals surface area contributed by atoms with Gasteiger partial charge in [0.1, 0.15) is 0 Å². The van der Waals surface area contributed by atoms with Crippen LogP contribution in [0.25, 0.3) is 10.4 Å². The molecule has 8 heteroatoms. The Balaban J connectivity index is 3.56. The van der Waals surface area contributed by atoms with Gasteiger partial charge in [-0.05, 0) is 25.5 Å². The van der Waals surface area contributed by atoms with Crippen LogP contribution in [0.4, 0.5) is 4.79 Å². The summed E-state index contributed by atoms with van der Waals surface area (Å²) in [6.07, 6.45) is -1.18. The second-order valence-corrected chi connectivity index (χ2v) is 3.41. The van der Waals surface area contributed by atoms with Gasteiger partial charge in [-0.15, -0.1) is 0 Å². The monoisotopic (exact) mass is 231 g/mol. The van der Waals surface area contributed by atoms with Gasteiger partial charge < -0.3 is 20.4 Å². The van der Waals surface area contributed by atoms with E-state index in [4.69, 9.17) is 10.6 Å². The molecule has 3 N–H and O–H groups in total. The molecule has 0 fully saturated rings. The first-order chi connectivity index (χ1) is 7.56. The minimum atomic E-state index is -1.15. The number of nitrogens with one attached hydrogen (secondary N) is 1. The van der Waals surface area contributed by atoms with Crippen molar-refractivity contribution in [1.82, 2.24) is 10.2 Å². The summed E-state index contributed by atoms with van der Waals surface area (Å²) in [6, 6.07) is 0. The van der Waals surface area contributed by atoms with Crippen molar-refractivity contribution in [3.05, 3.63) is 10.4 Å². The maximum absolute atomic E-state index is 10.2. The maximum Gasteiger partial charge on any atom is 0.404 e. The molecule has 92 valence electrons. The average molecular weight is 231 g/mol. The van der Waals surface area contributed by atoms with E-state index in [1.807, 2.05) is 4.90 Å². The third-order valence-electron chi connectivity index (χ3n) is 1.87. The predicted octanol–water partition coefficient (Wildman–Crippen LogP) is 0.247. The van der Waals surface area contributed by atoms with Crippen LogP contribution >= 0.6 is 0 Å². The summed E-state index contributed by atoms with van der Waals surface area (Å²) in [7, 11) is 1.81. The molecule has 16 heavy (non-hydrogen) atoms. The van der Waals surface area contributed by atoms with Gasteiger partial charge in [-0.1, -0.05) is 5.11 Å². The molecule has 0 saturated heterocycles. The van der Waals surface area contributed by atoms with Gasteiger partial charge in [-0.3, -0.25) is 0 Å². The van der Waals surface area contributed by atoms with Crippen LogP contribution in [-0.4, -0.2) is 60.5 Å². The Labute approximate surface area is 93.5 Å². The zero-order chi connectivity index (χ0) is 12.4. The van der Waals surface area contributed by atoms with Gasteiger partial charge in [0, 0.05) is 24.5 Å². The number of likely N-dealkylation sites (N-methyl/N-ethyl adjacent to an activating group) is 1. The molecule has 0 saturated carbocycles. The van der Waals surface area contributed by atoms with E-state index >= 15 is 0 Å². The lowest BCUT2D eigenvalue weighted by Crippen LogP contribution is -2.38. The number of carbonyl (C=O) groups is 1. The number of azide groups is 1. The first-order valence-corrected chi connectivity index (χ1v) is 4.90. The minimum Gasteiger partial charge on any atom is -0.465 e. The van der Waals surface area contributed by atoms with Crippen molar-refractivity contribution in [3.8, 4) is 0 Å². The molecule has 1 amide bonds. The molecule has 0 radical (unpaired) electrons. The van der Waals surface area contributed by atoms with Gasteiger partial charge in [-0.2, -0.15) is 0 Å². The highest BCUT2D eigenvalue weighted by atomic mass is 16.4. The van der Waals surface area contributed by atoms with E-state index in [9.17, 15) is 9.90 Å². The molecule has 0 aromatic rings. The smallest absolute Gasteiger partial charge is 0.404 e. The van der Waals surface area contributed by atoms with Crippen molar-refractivity contribution < 1.29 is 15.0 Å². The van der Waals surface area contributed by atoms with Crippen LogP contribution in [0, 0.1) is 0 Å². The molecule has 0 spiro atoms. The fourth-order valence-corrected chi connectivity index (χ4v) is 1.18. The van der Waals surface area contributed by atoms with Crippen molar-refractivity contribution in [3.63, 3.8) is 0 Å². The number of carboxylic acid groups (broad SMARTS) is 1. The Morgan fingerprint density at radius 2 is 2.38 bits per heavy atom. The quantitative estimate of drug-likeness (QED) is 0.240. The summed E-state index contributed by atoms with van der Waals surface area (Å²) in [5.74, 6) is 0. The SMILES string of the molecule is CN(CCCN=[N+]=[N-])CC(O)CNC(=O)O. The number of hydrogen-bond donors (Lipinski definition) is 3. The van der Waals surface area contributed by atoms with E-state index in [2.05, 4.69) is 15.3 Å². The van der Waals surface area contributed by atoms with Crippen molar-refractivity contribution in [2.75, 3.05) is 33.2 Å². The van der Waals surface area contributed by atoms with Gasteiger partial charge in [0.2, 0.25) is 0 Å². The molecule has 0 rings (SSSR count). The Morgan fingerprint density at radius 1 is 1.69 bits per heavy atom. The molecule has 1 unspecified atom stereocenters. The highest BCUT2D eigenvalue weighted by Crippen LogP contribution is 1.92. The Morgan fingerprint density at radius 3 is 2.94 bits per heavy atom. The van der Waals surface area contributed by atoms with Gasteiger partial charge >= 0.3 is 6.09 Å². The minimum absolute atomic E-state index is 0.00994. The van der Waals surface area contributed by atoms with E-state index in [1.165, 1.54) is 0 Å². The van der Waals surface area contributed by atoms with Gasteiger partial charge in [-0.25, -0.2) is 4.79 Å². The van der Waals surface area contributed by atoms with E-state index in [0.717, 1.165) is 0 Å². The lowest BCUT2D eigenvalue weighted by atomic mass is 10.3. The molecule has 0 heterocycles. The van der Waals surface area contributed by atoms with E-state index < -0.39 is 12.2 Å². The van der Waals surface area contributed by atoms with E-state index in [0.29, 0.717) is 26.1 Å². The van der Waals surface area contributed by atoms with Crippen LogP contribution in [0.2, 0.25) is 0 Å². The second-order valence-electron chi connectivity index (χ2n) is 3.41. The average Bonchev–Trinajstić information content (AvgIpc) is 2.21. The Bertz CT molecular complexity index is 254. The number of aliphatic hydroxyl groups is 1. The maximum atomic E-state index is 10.2. The number of rotatable bonds is 8. The number of nitrogens with zero attached hydrogens (tertiary/aromatic N) is 4. The third-order valence-corrected chi connectivity index (χ3v) is 1.87. The van der Waals surface area contributed by atoms with Crippen LogP contribution < -0.4 is 5.32 Å². The molecule has 0 aliphatic heterocycles. The number of amides is 1. The summed E-state index contributed by atoms with van der Waals surface area (Å²) in [5.41, 5.74) is 8.04. The molecular formula is C8H17N5O3. The molecule has 0 aromatic carbocycles. The number of hydrogen-bond acceptors (Lipinski definition) is 4. The van der Waals surface area contributed by atoms with Crippen LogP contribution in [0.5, 0.6) is 0 Å². The Kier molecular flexibility index (Phi) is 7.96. The predicted molar refractivity (Wildman–Crippen MR) is 58.2 cm³/mol. The highest BCUT2D eigenvalue weighted by molar-refractivity contribution is 5.64. The second kappa shape index (κ2) is 8.78.